The van der Waals surface area contributed by atoms with Crippen LogP contribution in [0.15, 0.2) is 11.6 Å². The fourth-order valence-corrected chi connectivity index (χ4v) is 2.95. The minimum absolute atomic E-state index is 0.237. The molecule has 6 unspecified atom stereocenters. The van der Waals surface area contributed by atoms with Crippen LogP contribution in [0.3, 0.4) is 0 Å². The Hall–Kier alpha value is 0.130. The first-order valence-electron chi connectivity index (χ1n) is 6.61. The third-order valence-electron chi connectivity index (χ3n) is 4.37. The molecule has 6 atom stereocenters. The monoisotopic (exact) mass is 242 g/mol. The van der Waals surface area contributed by atoms with E-state index in [1.807, 2.05) is 0 Å². The molecule has 0 amide bonds. The molecule has 0 aliphatic heterocycles. The number of aliphatic hydroxyl groups excluding tert-OH is 1. The molecule has 0 radical (unpaired) electrons. The normalized spacial score (nSPS) is 37.0. The molecule has 1 N–H and O–H groups in total. The van der Waals surface area contributed by atoms with Gasteiger partial charge in [0.15, 0.2) is 0 Å². The van der Waals surface area contributed by atoms with Gasteiger partial charge in [-0.2, -0.15) is 0 Å². The third-order valence-corrected chi connectivity index (χ3v) is 5.41. The van der Waals surface area contributed by atoms with Gasteiger partial charge in [0.25, 0.3) is 0 Å². The molecule has 0 saturated heterocycles. The van der Waals surface area contributed by atoms with Crippen molar-refractivity contribution in [1.29, 1.82) is 0 Å². The third kappa shape index (κ3) is 3.31. The van der Waals surface area contributed by atoms with Gasteiger partial charge in [-0.1, -0.05) is 45.8 Å². The predicted molar refractivity (Wildman–Crippen MR) is 74.6 cm³/mol. The highest BCUT2D eigenvalue weighted by Gasteiger charge is 2.31. The summed E-state index contributed by atoms with van der Waals surface area (Å²) in [4.78, 5) is 0. The van der Waals surface area contributed by atoms with Crippen molar-refractivity contribution >= 4 is 9.24 Å². The molecule has 94 valence electrons. The van der Waals surface area contributed by atoms with Crippen molar-refractivity contribution in [2.24, 2.45) is 17.8 Å². The van der Waals surface area contributed by atoms with Crippen LogP contribution < -0.4 is 0 Å². The molecule has 0 saturated carbocycles. The van der Waals surface area contributed by atoms with E-state index in [1.165, 1.54) is 18.4 Å². The van der Waals surface area contributed by atoms with E-state index in [-0.39, 0.29) is 6.10 Å². The van der Waals surface area contributed by atoms with E-state index >= 15 is 0 Å². The van der Waals surface area contributed by atoms with Crippen molar-refractivity contribution in [2.75, 3.05) is 0 Å². The Labute approximate surface area is 103 Å². The van der Waals surface area contributed by atoms with E-state index < -0.39 is 0 Å². The molecule has 0 aromatic rings. The lowest BCUT2D eigenvalue weighted by molar-refractivity contribution is 0.118. The Morgan fingerprint density at radius 2 is 2.00 bits per heavy atom. The van der Waals surface area contributed by atoms with Gasteiger partial charge >= 0.3 is 0 Å². The number of allylic oxidation sites excluding steroid dienone is 1. The van der Waals surface area contributed by atoms with Crippen molar-refractivity contribution in [1.82, 2.24) is 0 Å². The molecule has 0 aromatic heterocycles. The molecule has 2 heteroatoms. The first kappa shape index (κ1) is 14.2. The van der Waals surface area contributed by atoms with Crippen LogP contribution in [-0.2, 0) is 0 Å². The van der Waals surface area contributed by atoms with Gasteiger partial charge < -0.3 is 5.11 Å². The smallest absolute Gasteiger partial charge is 0.0752 e. The van der Waals surface area contributed by atoms with Gasteiger partial charge in [0.2, 0.25) is 0 Å². The summed E-state index contributed by atoms with van der Waals surface area (Å²) in [7, 11) is 2.97. The highest BCUT2D eigenvalue weighted by atomic mass is 31.0. The molecule has 1 nitrogen and oxygen atoms in total. The number of hydrogen-bond acceptors (Lipinski definition) is 1. The van der Waals surface area contributed by atoms with Gasteiger partial charge in [-0.05, 0) is 36.3 Å². The van der Waals surface area contributed by atoms with Crippen LogP contribution in [0.1, 0.15) is 47.0 Å². The second-order valence-corrected chi connectivity index (χ2v) is 6.25. The van der Waals surface area contributed by atoms with Crippen LogP contribution in [0.4, 0.5) is 0 Å². The minimum atomic E-state index is -0.237. The van der Waals surface area contributed by atoms with Gasteiger partial charge in [0.05, 0.1) is 6.10 Å². The lowest BCUT2D eigenvalue weighted by Gasteiger charge is -2.35. The second kappa shape index (κ2) is 6.17. The fourth-order valence-electron chi connectivity index (χ4n) is 2.33. The quantitative estimate of drug-likeness (QED) is 0.589. The van der Waals surface area contributed by atoms with E-state index in [1.54, 1.807) is 0 Å². The predicted octanol–water partition coefficient (Wildman–Crippen LogP) is 3.63. The zero-order valence-corrected chi connectivity index (χ0v) is 12.3. The maximum absolute atomic E-state index is 9.97. The zero-order valence-electron chi connectivity index (χ0n) is 11.1. The minimum Gasteiger partial charge on any atom is -0.389 e. The highest BCUT2D eigenvalue weighted by molar-refractivity contribution is 7.18. The Balaban J connectivity index is 2.61. The Bertz CT molecular complexity index is 249. The van der Waals surface area contributed by atoms with E-state index in [0.717, 1.165) is 12.3 Å². The molecule has 0 heterocycles. The topological polar surface area (TPSA) is 20.2 Å². The molecule has 1 rings (SSSR count). The van der Waals surface area contributed by atoms with Crippen LogP contribution in [0, 0.1) is 17.8 Å². The summed E-state index contributed by atoms with van der Waals surface area (Å²) in [6, 6.07) is 0. The summed E-state index contributed by atoms with van der Waals surface area (Å²) in [5.41, 5.74) is 2.01. The lowest BCUT2D eigenvalue weighted by Crippen LogP contribution is -2.34. The lowest BCUT2D eigenvalue weighted by atomic mass is 9.78. The summed E-state index contributed by atoms with van der Waals surface area (Å²) >= 11 is 0. The van der Waals surface area contributed by atoms with Crippen LogP contribution in [0.25, 0.3) is 0 Å². The van der Waals surface area contributed by atoms with Crippen molar-refractivity contribution in [3.8, 4) is 0 Å². The zero-order chi connectivity index (χ0) is 12.3. The summed E-state index contributed by atoms with van der Waals surface area (Å²) in [5.74, 6) is 1.75. The summed E-state index contributed by atoms with van der Waals surface area (Å²) in [6.45, 7) is 8.96. The Kier molecular flexibility index (Phi) is 5.47. The van der Waals surface area contributed by atoms with Gasteiger partial charge in [-0.3, -0.25) is 0 Å². The van der Waals surface area contributed by atoms with Crippen molar-refractivity contribution in [3.05, 3.63) is 11.6 Å². The largest absolute Gasteiger partial charge is 0.389 e. The van der Waals surface area contributed by atoms with Gasteiger partial charge in [0, 0.05) is 0 Å². The molecular formula is C14H27OP. The summed E-state index contributed by atoms with van der Waals surface area (Å²) in [6.07, 6.45) is 5.52. The molecule has 16 heavy (non-hydrogen) atoms. The average molecular weight is 242 g/mol. The van der Waals surface area contributed by atoms with Gasteiger partial charge in [-0.15, -0.1) is 9.24 Å². The van der Waals surface area contributed by atoms with E-state index in [2.05, 4.69) is 43.0 Å². The van der Waals surface area contributed by atoms with E-state index in [9.17, 15) is 5.11 Å². The van der Waals surface area contributed by atoms with Crippen LogP contribution in [0.5, 0.6) is 0 Å². The van der Waals surface area contributed by atoms with Crippen LogP contribution >= 0.6 is 9.24 Å². The standard InChI is InChI=1S/C14H27OP/c1-5-9(2)6-7-12-8-13(15)10(3)11(4)14(12)16/h8-11,13-15H,5-7,16H2,1-4H3. The number of aliphatic hydroxyl groups is 1. The van der Waals surface area contributed by atoms with Crippen LogP contribution in [0.2, 0.25) is 0 Å². The maximum atomic E-state index is 9.97. The fraction of sp³-hybridized carbons (Fsp3) is 0.857. The molecular weight excluding hydrogens is 215 g/mol. The van der Waals surface area contributed by atoms with Gasteiger partial charge in [0.1, 0.15) is 0 Å². The Morgan fingerprint density at radius 1 is 1.38 bits per heavy atom. The molecule has 0 bridgehead atoms. The first-order chi connectivity index (χ1) is 7.47. The molecule has 1 aliphatic carbocycles. The average Bonchev–Trinajstić information content (AvgIpc) is 2.28. The molecule has 0 spiro atoms. The molecule has 1 aliphatic rings. The maximum Gasteiger partial charge on any atom is 0.0752 e. The summed E-state index contributed by atoms with van der Waals surface area (Å²) < 4.78 is 0. The van der Waals surface area contributed by atoms with Crippen LogP contribution in [-0.4, -0.2) is 16.9 Å². The number of rotatable bonds is 4. The molecule has 0 fully saturated rings. The van der Waals surface area contributed by atoms with Crippen molar-refractivity contribution < 1.29 is 5.11 Å². The molecule has 0 aromatic carbocycles. The van der Waals surface area contributed by atoms with E-state index in [0.29, 0.717) is 17.5 Å². The highest BCUT2D eigenvalue weighted by Crippen LogP contribution is 2.37. The van der Waals surface area contributed by atoms with Gasteiger partial charge in [-0.25, -0.2) is 0 Å². The Morgan fingerprint density at radius 3 is 2.56 bits per heavy atom. The SMILES string of the molecule is CCC(C)CCC1=CC(O)C(C)C(C)C1P. The summed E-state index contributed by atoms with van der Waals surface area (Å²) in [5, 5.41) is 9.97. The van der Waals surface area contributed by atoms with Crippen molar-refractivity contribution in [3.63, 3.8) is 0 Å². The second-order valence-electron chi connectivity index (χ2n) is 5.53. The van der Waals surface area contributed by atoms with E-state index in [4.69, 9.17) is 0 Å². The van der Waals surface area contributed by atoms with Crippen molar-refractivity contribution in [2.45, 2.75) is 58.7 Å². The first-order valence-corrected chi connectivity index (χ1v) is 7.28. The number of hydrogen-bond donors (Lipinski definition) is 1.